The molecule has 3 aromatic rings. The van der Waals surface area contributed by atoms with E-state index in [0.717, 1.165) is 24.0 Å². The smallest absolute Gasteiger partial charge is 0.270 e. The molecule has 1 amide bonds. The summed E-state index contributed by atoms with van der Waals surface area (Å²) in [7, 11) is 1.72. The minimum Gasteiger partial charge on any atom is -0.344 e. The Morgan fingerprint density at radius 2 is 2.38 bits per heavy atom. The number of aromatic nitrogens is 4. The number of carbonyl (C=O) groups excluding carboxylic acids is 1. The molecule has 0 radical (unpaired) electrons. The Hall–Kier alpha value is -2.96. The van der Waals surface area contributed by atoms with Gasteiger partial charge in [-0.1, -0.05) is 11.2 Å². The quantitative estimate of drug-likeness (QED) is 0.797. The highest BCUT2D eigenvalue weighted by atomic mass is 16.5. The molecule has 7 heteroatoms. The molecule has 0 saturated carbocycles. The lowest BCUT2D eigenvalue weighted by molar-refractivity contribution is 0.0927. The Morgan fingerprint density at radius 1 is 1.46 bits per heavy atom. The topological polar surface area (TPSA) is 85.8 Å². The van der Waals surface area contributed by atoms with Gasteiger partial charge in [-0.2, -0.15) is 10.1 Å². The van der Waals surface area contributed by atoms with Crippen LogP contribution in [-0.2, 0) is 13.5 Å². The molecule has 2 heterocycles. The van der Waals surface area contributed by atoms with Gasteiger partial charge in [0.15, 0.2) is 5.82 Å². The van der Waals surface area contributed by atoms with E-state index in [0.29, 0.717) is 11.3 Å². The van der Waals surface area contributed by atoms with E-state index in [4.69, 9.17) is 8.64 Å². The Bertz CT molecular complexity index is 1010. The number of fused-ring (bicyclic) bond motifs is 1. The Morgan fingerprint density at radius 3 is 3.12 bits per heavy atom. The Labute approximate surface area is 142 Å². The van der Waals surface area contributed by atoms with E-state index >= 15 is 0 Å². The van der Waals surface area contributed by atoms with Crippen LogP contribution in [-0.4, -0.2) is 25.8 Å². The van der Waals surface area contributed by atoms with Gasteiger partial charge in [-0.25, -0.2) is 0 Å². The number of rotatable bonds is 3. The van der Waals surface area contributed by atoms with Gasteiger partial charge >= 0.3 is 0 Å². The lowest BCUT2D eigenvalue weighted by Crippen LogP contribution is -2.28. The largest absolute Gasteiger partial charge is 0.344 e. The van der Waals surface area contributed by atoms with Crippen LogP contribution in [0.25, 0.3) is 11.5 Å². The molecule has 0 fully saturated rings. The maximum absolute atomic E-state index is 12.4. The maximum Gasteiger partial charge on any atom is 0.270 e. The van der Waals surface area contributed by atoms with Crippen LogP contribution >= 0.6 is 0 Å². The van der Waals surface area contributed by atoms with Crippen molar-refractivity contribution in [2.45, 2.75) is 25.7 Å². The van der Waals surface area contributed by atoms with Crippen molar-refractivity contribution in [3.63, 3.8) is 0 Å². The van der Waals surface area contributed by atoms with Gasteiger partial charge in [0.2, 0.25) is 0 Å². The van der Waals surface area contributed by atoms with E-state index in [-0.39, 0.29) is 23.7 Å². The van der Waals surface area contributed by atoms with E-state index < -0.39 is 6.85 Å². The molecule has 0 aliphatic heterocycles. The molecule has 0 spiro atoms. The predicted octanol–water partition coefficient (Wildman–Crippen LogP) is 2.20. The van der Waals surface area contributed by atoms with Crippen molar-refractivity contribution >= 4 is 5.91 Å². The first-order valence-corrected chi connectivity index (χ1v) is 7.59. The highest BCUT2D eigenvalue weighted by molar-refractivity contribution is 5.92. The third-order valence-corrected chi connectivity index (χ3v) is 4.25. The van der Waals surface area contributed by atoms with Crippen molar-refractivity contribution in [3.05, 3.63) is 53.1 Å². The maximum atomic E-state index is 12.4. The summed E-state index contributed by atoms with van der Waals surface area (Å²) in [5.74, 6) is -0.304. The van der Waals surface area contributed by atoms with Gasteiger partial charge in [-0.3, -0.25) is 9.48 Å². The van der Waals surface area contributed by atoms with E-state index in [2.05, 4.69) is 20.6 Å². The van der Waals surface area contributed by atoms with Crippen molar-refractivity contribution in [3.8, 4) is 11.5 Å². The van der Waals surface area contributed by atoms with Crippen LogP contribution < -0.4 is 5.32 Å². The van der Waals surface area contributed by atoms with Crippen LogP contribution in [0.3, 0.4) is 0 Å². The zero-order valence-electron chi connectivity index (χ0n) is 16.0. The van der Waals surface area contributed by atoms with Gasteiger partial charge in [0.1, 0.15) is 5.69 Å². The van der Waals surface area contributed by atoms with Gasteiger partial charge in [0, 0.05) is 22.9 Å². The molecule has 0 unspecified atom stereocenters. The van der Waals surface area contributed by atoms with Crippen molar-refractivity contribution in [2.24, 2.45) is 7.05 Å². The molecule has 1 N–H and O–H groups in total. The molecule has 0 bridgehead atoms. The first-order valence-electron chi connectivity index (χ1n) is 9.09. The second-order valence-electron chi connectivity index (χ2n) is 5.74. The van der Waals surface area contributed by atoms with Gasteiger partial charge in [-0.05, 0) is 49.0 Å². The van der Waals surface area contributed by atoms with Crippen LogP contribution in [0, 0.1) is 6.85 Å². The standard InChI is InChI=1S/C17H17N5O2/c1-10-19-17(24-21-10)12-3-5-13-11(9-12)4-6-14(13)20-16(23)15-7-8-18-22(15)2/h3,5,7-9,14H,4,6H2,1-2H3,(H,20,23)/t14-/m1/s1/i1D3. The summed E-state index contributed by atoms with van der Waals surface area (Å²) in [6, 6.07) is 7.20. The third-order valence-electron chi connectivity index (χ3n) is 4.25. The summed E-state index contributed by atoms with van der Waals surface area (Å²) in [5.41, 5.74) is 3.26. The van der Waals surface area contributed by atoms with Gasteiger partial charge in [0.05, 0.1) is 6.04 Å². The fourth-order valence-electron chi connectivity index (χ4n) is 3.07. The number of amides is 1. The number of hydrogen-bond donors (Lipinski definition) is 1. The lowest BCUT2D eigenvalue weighted by Gasteiger charge is -2.14. The summed E-state index contributed by atoms with van der Waals surface area (Å²) in [4.78, 5) is 16.4. The minimum atomic E-state index is -2.40. The second kappa shape index (κ2) is 5.59. The molecular weight excluding hydrogens is 306 g/mol. The summed E-state index contributed by atoms with van der Waals surface area (Å²) < 4.78 is 28.6. The molecule has 122 valence electrons. The Balaban J connectivity index is 1.55. The molecule has 4 rings (SSSR count). The fourth-order valence-corrected chi connectivity index (χ4v) is 3.07. The van der Waals surface area contributed by atoms with Crippen LogP contribution in [0.2, 0.25) is 0 Å². The second-order valence-corrected chi connectivity index (χ2v) is 5.74. The van der Waals surface area contributed by atoms with Crippen molar-refractivity contribution in [2.75, 3.05) is 0 Å². The minimum absolute atomic E-state index is 0.0860. The molecule has 7 nitrogen and oxygen atoms in total. The molecule has 1 aliphatic carbocycles. The molecule has 24 heavy (non-hydrogen) atoms. The highest BCUT2D eigenvalue weighted by Crippen LogP contribution is 2.34. The highest BCUT2D eigenvalue weighted by Gasteiger charge is 2.26. The monoisotopic (exact) mass is 326 g/mol. The number of benzene rings is 1. The van der Waals surface area contributed by atoms with E-state index in [1.54, 1.807) is 25.4 Å². The van der Waals surface area contributed by atoms with Crippen LogP contribution in [0.4, 0.5) is 0 Å². The zero-order chi connectivity index (χ0) is 19.2. The number of aryl methyl sites for hydroxylation is 3. The number of nitrogens with zero attached hydrogens (tertiary/aromatic N) is 4. The number of hydrogen-bond acceptors (Lipinski definition) is 5. The first kappa shape index (κ1) is 11.6. The normalized spacial score (nSPS) is 18.5. The van der Waals surface area contributed by atoms with Gasteiger partial charge in [0.25, 0.3) is 11.8 Å². The van der Waals surface area contributed by atoms with Crippen LogP contribution in [0.5, 0.6) is 0 Å². The molecule has 2 aromatic heterocycles. The van der Waals surface area contributed by atoms with E-state index in [9.17, 15) is 4.79 Å². The molecule has 1 atom stereocenters. The number of nitrogens with one attached hydrogen (secondary N) is 1. The number of carbonyl (C=O) groups is 1. The molecule has 0 saturated heterocycles. The third kappa shape index (κ3) is 2.47. The van der Waals surface area contributed by atoms with Crippen molar-refractivity contribution in [1.29, 1.82) is 0 Å². The Kier molecular flexibility index (Phi) is 2.69. The average molecular weight is 326 g/mol. The van der Waals surface area contributed by atoms with Gasteiger partial charge < -0.3 is 9.84 Å². The molecular formula is C17H17N5O2. The molecule has 1 aliphatic rings. The fraction of sp³-hybridized carbons (Fsp3) is 0.294. The van der Waals surface area contributed by atoms with Crippen LogP contribution in [0.1, 0.15) is 44.0 Å². The van der Waals surface area contributed by atoms with Crippen molar-refractivity contribution < 1.29 is 13.4 Å². The summed E-state index contributed by atoms with van der Waals surface area (Å²) in [6.45, 7) is -2.40. The summed E-state index contributed by atoms with van der Waals surface area (Å²) in [6.07, 6.45) is 3.16. The molecule has 1 aromatic carbocycles. The first-order chi connectivity index (χ1) is 12.8. The van der Waals surface area contributed by atoms with E-state index in [1.165, 1.54) is 4.68 Å². The SMILES string of the molecule is [2H]C([2H])([2H])c1noc(-c2ccc3c(c2)CC[C@H]3NC(=O)c2ccnn2C)n1. The average Bonchev–Trinajstić information content (AvgIpc) is 3.33. The van der Waals surface area contributed by atoms with Crippen LogP contribution in [0.15, 0.2) is 35.0 Å². The summed E-state index contributed by atoms with van der Waals surface area (Å²) >= 11 is 0. The lowest BCUT2D eigenvalue weighted by atomic mass is 10.0. The zero-order valence-corrected chi connectivity index (χ0v) is 13.0. The van der Waals surface area contributed by atoms with E-state index in [1.807, 2.05) is 12.1 Å². The predicted molar refractivity (Wildman–Crippen MR) is 86.2 cm³/mol. The van der Waals surface area contributed by atoms with Crippen molar-refractivity contribution in [1.82, 2.24) is 25.2 Å². The summed E-state index contributed by atoms with van der Waals surface area (Å²) in [5, 5.41) is 10.6. The van der Waals surface area contributed by atoms with Gasteiger partial charge in [-0.15, -0.1) is 0 Å².